The topological polar surface area (TPSA) is 38.0 Å². The van der Waals surface area contributed by atoms with E-state index in [2.05, 4.69) is 35.6 Å². The number of benzene rings is 1. The first-order valence-corrected chi connectivity index (χ1v) is 4.88. The van der Waals surface area contributed by atoms with Gasteiger partial charge in [0.15, 0.2) is 0 Å². The van der Waals surface area contributed by atoms with Crippen LogP contribution in [0.4, 0.5) is 0 Å². The fourth-order valence-electron chi connectivity index (χ4n) is 1.33. The second kappa shape index (κ2) is 9.00. The standard InChI is InChI=1S/C11H18N2.ClH/c12-10-13-9-5-4-8-11-6-2-1-3-7-11;/h1-3,6-7,13H,4-5,8-10,12H2;1H. The molecule has 3 N–H and O–H groups in total. The summed E-state index contributed by atoms with van der Waals surface area (Å²) in [6, 6.07) is 10.6. The van der Waals surface area contributed by atoms with Crippen LogP contribution in [0.1, 0.15) is 18.4 Å². The number of hydrogen-bond donors (Lipinski definition) is 2. The molecule has 3 heteroatoms. The molecular formula is C11H19ClN2. The van der Waals surface area contributed by atoms with Gasteiger partial charge in [-0.15, -0.1) is 12.4 Å². The molecule has 0 radical (unpaired) electrons. The van der Waals surface area contributed by atoms with E-state index in [9.17, 15) is 0 Å². The van der Waals surface area contributed by atoms with Gasteiger partial charge in [-0.05, 0) is 31.4 Å². The largest absolute Gasteiger partial charge is 0.318 e. The van der Waals surface area contributed by atoms with Crippen LogP contribution in [0.5, 0.6) is 0 Å². The predicted molar refractivity (Wildman–Crippen MR) is 63.7 cm³/mol. The van der Waals surface area contributed by atoms with Crippen molar-refractivity contribution in [1.29, 1.82) is 0 Å². The van der Waals surface area contributed by atoms with Crippen LogP contribution in [0.2, 0.25) is 0 Å². The monoisotopic (exact) mass is 214 g/mol. The van der Waals surface area contributed by atoms with E-state index in [-0.39, 0.29) is 12.4 Å². The molecule has 0 spiro atoms. The summed E-state index contributed by atoms with van der Waals surface area (Å²) in [5.41, 5.74) is 6.74. The van der Waals surface area contributed by atoms with Crippen molar-refractivity contribution < 1.29 is 0 Å². The summed E-state index contributed by atoms with van der Waals surface area (Å²) < 4.78 is 0. The number of nitrogens with two attached hydrogens (primary N) is 1. The molecule has 0 fully saturated rings. The highest BCUT2D eigenvalue weighted by molar-refractivity contribution is 5.85. The van der Waals surface area contributed by atoms with E-state index >= 15 is 0 Å². The number of halogens is 1. The second-order valence-corrected chi connectivity index (χ2v) is 3.15. The molecule has 2 nitrogen and oxygen atoms in total. The van der Waals surface area contributed by atoms with Crippen molar-refractivity contribution in [3.05, 3.63) is 35.9 Å². The first-order valence-electron chi connectivity index (χ1n) is 4.88. The molecule has 0 heterocycles. The maximum absolute atomic E-state index is 5.31. The molecule has 0 unspecified atom stereocenters. The van der Waals surface area contributed by atoms with E-state index < -0.39 is 0 Å². The Balaban J connectivity index is 0.00000169. The zero-order valence-electron chi connectivity index (χ0n) is 8.41. The van der Waals surface area contributed by atoms with E-state index in [4.69, 9.17) is 5.73 Å². The van der Waals surface area contributed by atoms with Crippen LogP contribution in [-0.4, -0.2) is 13.2 Å². The van der Waals surface area contributed by atoms with E-state index in [0.29, 0.717) is 6.67 Å². The van der Waals surface area contributed by atoms with Crippen LogP contribution in [0.3, 0.4) is 0 Å². The van der Waals surface area contributed by atoms with E-state index in [1.807, 2.05) is 0 Å². The zero-order valence-corrected chi connectivity index (χ0v) is 9.22. The fraction of sp³-hybridized carbons (Fsp3) is 0.455. The smallest absolute Gasteiger partial charge is 0.0428 e. The van der Waals surface area contributed by atoms with E-state index in [0.717, 1.165) is 6.54 Å². The Hall–Kier alpha value is -0.570. The number of aryl methyl sites for hydroxylation is 1. The van der Waals surface area contributed by atoms with Gasteiger partial charge in [-0.3, -0.25) is 0 Å². The number of unbranched alkanes of at least 4 members (excludes halogenated alkanes) is 1. The maximum Gasteiger partial charge on any atom is 0.0428 e. The molecule has 0 aliphatic carbocycles. The minimum atomic E-state index is 0. The van der Waals surface area contributed by atoms with Crippen LogP contribution in [0.25, 0.3) is 0 Å². The van der Waals surface area contributed by atoms with Crippen molar-refractivity contribution in [3.8, 4) is 0 Å². The van der Waals surface area contributed by atoms with Gasteiger partial charge in [0.1, 0.15) is 0 Å². The molecule has 0 saturated carbocycles. The van der Waals surface area contributed by atoms with Crippen molar-refractivity contribution >= 4 is 12.4 Å². The summed E-state index contributed by atoms with van der Waals surface area (Å²) >= 11 is 0. The van der Waals surface area contributed by atoms with Gasteiger partial charge in [0.2, 0.25) is 0 Å². The summed E-state index contributed by atoms with van der Waals surface area (Å²) in [7, 11) is 0. The maximum atomic E-state index is 5.31. The molecule has 0 amide bonds. The number of hydrogen-bond acceptors (Lipinski definition) is 2. The van der Waals surface area contributed by atoms with Crippen molar-refractivity contribution in [1.82, 2.24) is 5.32 Å². The highest BCUT2D eigenvalue weighted by Crippen LogP contribution is 2.03. The third-order valence-corrected chi connectivity index (χ3v) is 2.06. The molecule has 0 aliphatic heterocycles. The first-order chi connectivity index (χ1) is 6.43. The molecule has 1 aromatic rings. The predicted octanol–water partition coefficient (Wildman–Crippen LogP) is 1.94. The molecule has 0 atom stereocenters. The SMILES string of the molecule is Cl.NCNCCCCc1ccccc1. The third-order valence-electron chi connectivity index (χ3n) is 2.06. The van der Waals surface area contributed by atoms with Gasteiger partial charge in [0.05, 0.1) is 0 Å². The lowest BCUT2D eigenvalue weighted by atomic mass is 10.1. The fourth-order valence-corrected chi connectivity index (χ4v) is 1.33. The van der Waals surface area contributed by atoms with Crippen molar-refractivity contribution in [3.63, 3.8) is 0 Å². The zero-order chi connectivity index (χ0) is 9.36. The average Bonchev–Trinajstić information content (AvgIpc) is 2.19. The minimum Gasteiger partial charge on any atom is -0.318 e. The van der Waals surface area contributed by atoms with Crippen molar-refractivity contribution in [2.24, 2.45) is 5.73 Å². The molecule has 0 bridgehead atoms. The Morgan fingerprint density at radius 2 is 1.79 bits per heavy atom. The van der Waals surface area contributed by atoms with Gasteiger partial charge in [0.25, 0.3) is 0 Å². The summed E-state index contributed by atoms with van der Waals surface area (Å²) in [5, 5.41) is 3.11. The summed E-state index contributed by atoms with van der Waals surface area (Å²) in [6.07, 6.45) is 3.61. The number of nitrogens with one attached hydrogen (secondary N) is 1. The molecule has 80 valence electrons. The Morgan fingerprint density at radius 3 is 2.43 bits per heavy atom. The van der Waals surface area contributed by atoms with Gasteiger partial charge < -0.3 is 11.1 Å². The van der Waals surface area contributed by atoms with E-state index in [1.165, 1.54) is 24.8 Å². The normalized spacial score (nSPS) is 9.50. The Labute approximate surface area is 92.3 Å². The summed E-state index contributed by atoms with van der Waals surface area (Å²) in [6.45, 7) is 1.62. The Kier molecular flexibility index (Phi) is 8.64. The van der Waals surface area contributed by atoms with Crippen molar-refractivity contribution in [2.45, 2.75) is 19.3 Å². The highest BCUT2D eigenvalue weighted by atomic mass is 35.5. The average molecular weight is 215 g/mol. The molecule has 0 aromatic heterocycles. The summed E-state index contributed by atoms with van der Waals surface area (Å²) in [5.74, 6) is 0. The number of rotatable bonds is 6. The Morgan fingerprint density at radius 1 is 1.07 bits per heavy atom. The highest BCUT2D eigenvalue weighted by Gasteiger charge is 1.91. The lowest BCUT2D eigenvalue weighted by Crippen LogP contribution is -2.23. The van der Waals surface area contributed by atoms with Crippen LogP contribution in [0, 0.1) is 0 Å². The lowest BCUT2D eigenvalue weighted by molar-refractivity contribution is 0.632. The van der Waals surface area contributed by atoms with E-state index in [1.54, 1.807) is 0 Å². The van der Waals surface area contributed by atoms with Crippen molar-refractivity contribution in [2.75, 3.05) is 13.2 Å². The Bertz CT molecular complexity index is 214. The molecular weight excluding hydrogens is 196 g/mol. The molecule has 0 saturated heterocycles. The molecule has 14 heavy (non-hydrogen) atoms. The van der Waals surface area contributed by atoms with Gasteiger partial charge in [-0.2, -0.15) is 0 Å². The second-order valence-electron chi connectivity index (χ2n) is 3.15. The minimum absolute atomic E-state index is 0. The molecule has 1 aromatic carbocycles. The van der Waals surface area contributed by atoms with Gasteiger partial charge >= 0.3 is 0 Å². The lowest BCUT2D eigenvalue weighted by Gasteiger charge is -2.01. The van der Waals surface area contributed by atoms with Crippen LogP contribution in [0.15, 0.2) is 30.3 Å². The summed E-state index contributed by atoms with van der Waals surface area (Å²) in [4.78, 5) is 0. The van der Waals surface area contributed by atoms with Crippen LogP contribution in [-0.2, 0) is 6.42 Å². The van der Waals surface area contributed by atoms with Gasteiger partial charge in [0, 0.05) is 6.67 Å². The quantitative estimate of drug-likeness (QED) is 0.561. The van der Waals surface area contributed by atoms with Gasteiger partial charge in [-0.25, -0.2) is 0 Å². The van der Waals surface area contributed by atoms with Crippen LogP contribution >= 0.6 is 12.4 Å². The first kappa shape index (κ1) is 13.4. The third kappa shape index (κ3) is 5.97. The molecule has 1 rings (SSSR count). The van der Waals surface area contributed by atoms with Crippen LogP contribution < -0.4 is 11.1 Å². The van der Waals surface area contributed by atoms with Gasteiger partial charge in [-0.1, -0.05) is 30.3 Å². The molecule has 0 aliphatic rings.